The van der Waals surface area contributed by atoms with E-state index in [-0.39, 0.29) is 0 Å². The van der Waals surface area contributed by atoms with Crippen molar-refractivity contribution in [2.75, 3.05) is 5.32 Å². The molecule has 0 radical (unpaired) electrons. The lowest BCUT2D eigenvalue weighted by Gasteiger charge is -2.05. The Morgan fingerprint density at radius 2 is 1.75 bits per heavy atom. The lowest BCUT2D eigenvalue weighted by atomic mass is 10.2. The molecule has 0 unspecified atom stereocenters. The number of benzene rings is 1. The monoisotopic (exact) mass is 285 g/mol. The maximum atomic E-state index is 13.3. The van der Waals surface area contributed by atoms with Gasteiger partial charge in [-0.05, 0) is 12.1 Å². The highest BCUT2D eigenvalue weighted by molar-refractivity contribution is 6.03. The first-order chi connectivity index (χ1) is 9.38. The van der Waals surface area contributed by atoms with Gasteiger partial charge in [-0.1, -0.05) is 0 Å². The molecular weight excluding hydrogens is 279 g/mol. The Bertz CT molecular complexity index is 696. The average Bonchev–Trinajstić information content (AvgIpc) is 2.85. The van der Waals surface area contributed by atoms with E-state index >= 15 is 0 Å². The van der Waals surface area contributed by atoms with E-state index in [1.54, 1.807) is 0 Å². The molecular formula is C12H6F3NO4. The maximum absolute atomic E-state index is 13.3. The van der Waals surface area contributed by atoms with Crippen LogP contribution < -0.4 is 5.32 Å². The summed E-state index contributed by atoms with van der Waals surface area (Å²) in [6, 6.07) is 2.95. The number of halogens is 3. The van der Waals surface area contributed by atoms with Gasteiger partial charge < -0.3 is 14.8 Å². The maximum Gasteiger partial charge on any atom is 0.371 e. The Kier molecular flexibility index (Phi) is 3.47. The second-order valence-corrected chi connectivity index (χ2v) is 3.67. The third-order valence-corrected chi connectivity index (χ3v) is 2.28. The quantitative estimate of drug-likeness (QED) is 0.850. The van der Waals surface area contributed by atoms with Crippen LogP contribution in [0.5, 0.6) is 0 Å². The zero-order valence-corrected chi connectivity index (χ0v) is 9.62. The van der Waals surface area contributed by atoms with Gasteiger partial charge in [0.15, 0.2) is 17.4 Å². The molecule has 5 nitrogen and oxygen atoms in total. The summed E-state index contributed by atoms with van der Waals surface area (Å²) in [7, 11) is 0. The zero-order chi connectivity index (χ0) is 14.9. The number of carboxylic acids is 1. The fourth-order valence-electron chi connectivity index (χ4n) is 1.41. The van der Waals surface area contributed by atoms with Crippen LogP contribution >= 0.6 is 0 Å². The third-order valence-electron chi connectivity index (χ3n) is 2.28. The van der Waals surface area contributed by atoms with Crippen LogP contribution in [0.25, 0.3) is 0 Å². The Morgan fingerprint density at radius 1 is 1.10 bits per heavy atom. The first-order valence-electron chi connectivity index (χ1n) is 5.17. The van der Waals surface area contributed by atoms with Gasteiger partial charge in [0.1, 0.15) is 5.82 Å². The Balaban J connectivity index is 2.25. The van der Waals surface area contributed by atoms with Gasteiger partial charge in [0.05, 0.1) is 5.69 Å². The third kappa shape index (κ3) is 2.63. The molecule has 0 saturated carbocycles. The van der Waals surface area contributed by atoms with Crippen LogP contribution in [0.3, 0.4) is 0 Å². The number of aromatic carboxylic acids is 1. The molecule has 2 aromatic rings. The Morgan fingerprint density at radius 3 is 2.35 bits per heavy atom. The SMILES string of the molecule is O=C(O)c1ccc(C(=O)Nc2cc(F)cc(F)c2F)o1. The lowest BCUT2D eigenvalue weighted by Crippen LogP contribution is -2.13. The second kappa shape index (κ2) is 5.08. The van der Waals surface area contributed by atoms with Crippen molar-refractivity contribution in [3.63, 3.8) is 0 Å². The number of nitrogens with one attached hydrogen (secondary N) is 1. The van der Waals surface area contributed by atoms with E-state index in [1.807, 2.05) is 5.32 Å². The van der Waals surface area contributed by atoms with Crippen LogP contribution in [-0.2, 0) is 0 Å². The molecule has 0 atom stereocenters. The van der Waals surface area contributed by atoms with Gasteiger partial charge in [-0.3, -0.25) is 4.79 Å². The summed E-state index contributed by atoms with van der Waals surface area (Å²) < 4.78 is 43.8. The minimum atomic E-state index is -1.47. The normalized spacial score (nSPS) is 10.3. The summed E-state index contributed by atoms with van der Waals surface area (Å²) in [4.78, 5) is 22.2. The minimum absolute atomic E-state index is 0.320. The van der Waals surface area contributed by atoms with Crippen molar-refractivity contribution in [3.8, 4) is 0 Å². The van der Waals surface area contributed by atoms with E-state index in [4.69, 9.17) is 5.11 Å². The average molecular weight is 285 g/mol. The van der Waals surface area contributed by atoms with Crippen molar-refractivity contribution >= 4 is 17.6 Å². The summed E-state index contributed by atoms with van der Waals surface area (Å²) in [5.74, 6) is -7.36. The molecule has 1 amide bonds. The number of carbonyl (C=O) groups excluding carboxylic acids is 1. The topological polar surface area (TPSA) is 79.5 Å². The van der Waals surface area contributed by atoms with Gasteiger partial charge >= 0.3 is 5.97 Å². The van der Waals surface area contributed by atoms with Crippen LogP contribution in [0.4, 0.5) is 18.9 Å². The van der Waals surface area contributed by atoms with Crippen molar-refractivity contribution in [1.29, 1.82) is 0 Å². The van der Waals surface area contributed by atoms with Crippen LogP contribution in [0.15, 0.2) is 28.7 Å². The van der Waals surface area contributed by atoms with Crippen LogP contribution in [-0.4, -0.2) is 17.0 Å². The fourth-order valence-corrected chi connectivity index (χ4v) is 1.41. The number of anilines is 1. The number of hydrogen-bond donors (Lipinski definition) is 2. The first-order valence-corrected chi connectivity index (χ1v) is 5.17. The molecule has 0 aliphatic heterocycles. The number of rotatable bonds is 3. The van der Waals surface area contributed by atoms with Gasteiger partial charge in [0, 0.05) is 12.1 Å². The van der Waals surface area contributed by atoms with Crippen LogP contribution in [0, 0.1) is 17.5 Å². The highest BCUT2D eigenvalue weighted by Crippen LogP contribution is 2.20. The van der Waals surface area contributed by atoms with Crippen molar-refractivity contribution in [1.82, 2.24) is 0 Å². The van der Waals surface area contributed by atoms with Crippen molar-refractivity contribution in [2.45, 2.75) is 0 Å². The zero-order valence-electron chi connectivity index (χ0n) is 9.62. The molecule has 0 fully saturated rings. The largest absolute Gasteiger partial charge is 0.475 e. The second-order valence-electron chi connectivity index (χ2n) is 3.67. The van der Waals surface area contributed by atoms with Gasteiger partial charge in [-0.15, -0.1) is 0 Å². The summed E-state index contributed by atoms with van der Waals surface area (Å²) >= 11 is 0. The number of carboxylic acid groups (broad SMARTS) is 1. The molecule has 0 spiro atoms. The molecule has 20 heavy (non-hydrogen) atoms. The summed E-state index contributed by atoms with van der Waals surface area (Å²) in [5.41, 5.74) is -0.722. The number of amides is 1. The molecule has 8 heteroatoms. The highest BCUT2D eigenvalue weighted by atomic mass is 19.2. The minimum Gasteiger partial charge on any atom is -0.475 e. The van der Waals surface area contributed by atoms with Gasteiger partial charge in [0.2, 0.25) is 5.76 Å². The van der Waals surface area contributed by atoms with E-state index in [0.717, 1.165) is 12.1 Å². The van der Waals surface area contributed by atoms with E-state index in [1.165, 1.54) is 0 Å². The molecule has 2 rings (SSSR count). The molecule has 0 aliphatic carbocycles. The number of carbonyl (C=O) groups is 2. The van der Waals surface area contributed by atoms with Crippen molar-refractivity contribution in [2.24, 2.45) is 0 Å². The fraction of sp³-hybridized carbons (Fsp3) is 0. The molecule has 1 aromatic heterocycles. The summed E-state index contributed by atoms with van der Waals surface area (Å²) in [6.07, 6.45) is 0. The van der Waals surface area contributed by atoms with Crippen molar-refractivity contribution in [3.05, 3.63) is 53.2 Å². The molecule has 2 N–H and O–H groups in total. The van der Waals surface area contributed by atoms with Crippen LogP contribution in [0.1, 0.15) is 21.1 Å². The molecule has 0 bridgehead atoms. The van der Waals surface area contributed by atoms with E-state index in [2.05, 4.69) is 4.42 Å². The van der Waals surface area contributed by atoms with Gasteiger partial charge in [-0.25, -0.2) is 18.0 Å². The summed E-state index contributed by atoms with van der Waals surface area (Å²) in [5, 5.41) is 10.5. The van der Waals surface area contributed by atoms with Crippen molar-refractivity contribution < 1.29 is 32.3 Å². The number of hydrogen-bond acceptors (Lipinski definition) is 3. The van der Waals surface area contributed by atoms with Gasteiger partial charge in [-0.2, -0.15) is 0 Å². The Labute approximate surface area is 109 Å². The Hall–Kier alpha value is -2.77. The van der Waals surface area contributed by atoms with E-state index in [0.29, 0.717) is 12.1 Å². The predicted molar refractivity (Wildman–Crippen MR) is 59.9 cm³/mol. The smallest absolute Gasteiger partial charge is 0.371 e. The van der Waals surface area contributed by atoms with E-state index in [9.17, 15) is 22.8 Å². The molecule has 0 aliphatic rings. The standard InChI is InChI=1S/C12H6F3NO4/c13-5-3-6(14)10(15)7(4-5)16-11(17)8-1-2-9(20-8)12(18)19/h1-4H,(H,16,17)(H,18,19). The molecule has 1 heterocycles. The molecule has 104 valence electrons. The molecule has 1 aromatic carbocycles. The first kappa shape index (κ1) is 13.7. The van der Waals surface area contributed by atoms with Gasteiger partial charge in [0.25, 0.3) is 5.91 Å². The number of furan rings is 1. The summed E-state index contributed by atoms with van der Waals surface area (Å²) in [6.45, 7) is 0. The predicted octanol–water partition coefficient (Wildman–Crippen LogP) is 2.65. The van der Waals surface area contributed by atoms with Crippen LogP contribution in [0.2, 0.25) is 0 Å². The lowest BCUT2D eigenvalue weighted by molar-refractivity contribution is 0.0660. The highest BCUT2D eigenvalue weighted by Gasteiger charge is 2.18. The molecule has 0 saturated heterocycles. The van der Waals surface area contributed by atoms with E-state index < -0.39 is 46.5 Å².